The number of guanidine groups is 1. The zero-order chi connectivity index (χ0) is 16.6. The molecule has 126 valence electrons. The Balaban J connectivity index is 2.43. The van der Waals surface area contributed by atoms with Crippen molar-refractivity contribution in [1.82, 2.24) is 15.8 Å². The molecule has 1 heterocycles. The molecule has 0 aromatic carbocycles. The highest BCUT2D eigenvalue weighted by Crippen LogP contribution is 2.20. The van der Waals surface area contributed by atoms with Gasteiger partial charge in [-0.2, -0.15) is 11.8 Å². The highest BCUT2D eigenvalue weighted by atomic mass is 32.2. The van der Waals surface area contributed by atoms with Crippen molar-refractivity contribution in [3.05, 3.63) is 17.0 Å². The molecule has 22 heavy (non-hydrogen) atoms. The van der Waals surface area contributed by atoms with Gasteiger partial charge in [-0.3, -0.25) is 4.99 Å². The van der Waals surface area contributed by atoms with E-state index in [1.165, 1.54) is 5.56 Å². The van der Waals surface area contributed by atoms with E-state index < -0.39 is 0 Å². The van der Waals surface area contributed by atoms with E-state index in [9.17, 15) is 0 Å². The smallest absolute Gasteiger partial charge is 0.191 e. The van der Waals surface area contributed by atoms with E-state index in [0.717, 1.165) is 49.9 Å². The first-order chi connectivity index (χ1) is 10.4. The van der Waals surface area contributed by atoms with Gasteiger partial charge in [0.05, 0.1) is 12.2 Å². The summed E-state index contributed by atoms with van der Waals surface area (Å²) in [5, 5.41) is 10.7. The van der Waals surface area contributed by atoms with E-state index in [0.29, 0.717) is 0 Å². The second-order valence-electron chi connectivity index (χ2n) is 5.99. The summed E-state index contributed by atoms with van der Waals surface area (Å²) in [5.74, 6) is 1.82. The summed E-state index contributed by atoms with van der Waals surface area (Å²) < 4.78 is 5.36. The number of thioether (sulfide) groups is 1. The first-order valence-corrected chi connectivity index (χ1v) is 9.11. The molecule has 0 radical (unpaired) electrons. The zero-order valence-electron chi connectivity index (χ0n) is 14.7. The molecule has 0 unspecified atom stereocenters. The molecular weight excluding hydrogens is 296 g/mol. The lowest BCUT2D eigenvalue weighted by molar-refractivity contribution is 0.392. The van der Waals surface area contributed by atoms with Crippen molar-refractivity contribution < 1.29 is 4.52 Å². The van der Waals surface area contributed by atoms with Gasteiger partial charge in [0, 0.05) is 23.4 Å². The quantitative estimate of drug-likeness (QED) is 0.437. The predicted molar refractivity (Wildman–Crippen MR) is 95.9 cm³/mol. The minimum Gasteiger partial charge on any atom is -0.361 e. The minimum atomic E-state index is 0.166. The molecule has 0 amide bonds. The first kappa shape index (κ1) is 18.9. The number of hydrogen-bond donors (Lipinski definition) is 2. The molecule has 0 spiro atoms. The SMILES string of the molecule is CCNC(=NCC(C)(C)SC)NCCCc1c(C)noc1C. The summed E-state index contributed by atoms with van der Waals surface area (Å²) in [6.45, 7) is 13.0. The van der Waals surface area contributed by atoms with Crippen LogP contribution in [0, 0.1) is 13.8 Å². The molecule has 0 aliphatic rings. The maximum Gasteiger partial charge on any atom is 0.191 e. The van der Waals surface area contributed by atoms with Crippen LogP contribution in [0.15, 0.2) is 9.52 Å². The molecule has 5 nitrogen and oxygen atoms in total. The summed E-state index contributed by atoms with van der Waals surface area (Å²) in [7, 11) is 0. The van der Waals surface area contributed by atoms with Crippen molar-refractivity contribution in [3.8, 4) is 0 Å². The van der Waals surface area contributed by atoms with Crippen molar-refractivity contribution in [1.29, 1.82) is 0 Å². The van der Waals surface area contributed by atoms with Crippen molar-refractivity contribution in [2.75, 3.05) is 25.9 Å². The third-order valence-corrected chi connectivity index (χ3v) is 4.83. The molecule has 0 saturated heterocycles. The average molecular weight is 327 g/mol. The number of aryl methyl sites for hydroxylation is 2. The topological polar surface area (TPSA) is 62.5 Å². The van der Waals surface area contributed by atoms with Crippen LogP contribution in [0.4, 0.5) is 0 Å². The Bertz CT molecular complexity index is 463. The Hall–Kier alpha value is -1.17. The van der Waals surface area contributed by atoms with Crippen LogP contribution in [0.25, 0.3) is 0 Å². The summed E-state index contributed by atoms with van der Waals surface area (Å²) in [4.78, 5) is 4.67. The predicted octanol–water partition coefficient (Wildman–Crippen LogP) is 2.92. The maximum atomic E-state index is 5.19. The van der Waals surface area contributed by atoms with Gasteiger partial charge in [-0.25, -0.2) is 0 Å². The van der Waals surface area contributed by atoms with Crippen LogP contribution in [-0.4, -0.2) is 41.8 Å². The number of nitrogens with one attached hydrogen (secondary N) is 2. The van der Waals surface area contributed by atoms with E-state index >= 15 is 0 Å². The van der Waals surface area contributed by atoms with Crippen LogP contribution in [0.5, 0.6) is 0 Å². The Kier molecular flexibility index (Phi) is 7.79. The van der Waals surface area contributed by atoms with Gasteiger partial charge in [0.1, 0.15) is 5.76 Å². The third-order valence-electron chi connectivity index (χ3n) is 3.59. The molecule has 0 aliphatic carbocycles. The van der Waals surface area contributed by atoms with Gasteiger partial charge in [0.15, 0.2) is 5.96 Å². The molecule has 0 bridgehead atoms. The number of nitrogens with zero attached hydrogens (tertiary/aromatic N) is 2. The van der Waals surface area contributed by atoms with Gasteiger partial charge in [0.25, 0.3) is 0 Å². The molecule has 0 fully saturated rings. The number of rotatable bonds is 8. The molecule has 0 aliphatic heterocycles. The molecular formula is C16H30N4OS. The molecule has 1 aromatic rings. The second-order valence-corrected chi connectivity index (χ2v) is 7.51. The second kappa shape index (κ2) is 9.08. The van der Waals surface area contributed by atoms with Gasteiger partial charge in [-0.05, 0) is 53.7 Å². The Morgan fingerprint density at radius 3 is 2.59 bits per heavy atom. The summed E-state index contributed by atoms with van der Waals surface area (Å²) >= 11 is 1.84. The highest BCUT2D eigenvalue weighted by molar-refractivity contribution is 7.99. The van der Waals surface area contributed by atoms with Gasteiger partial charge >= 0.3 is 0 Å². The van der Waals surface area contributed by atoms with Crippen molar-refractivity contribution in [2.45, 2.75) is 52.2 Å². The largest absolute Gasteiger partial charge is 0.361 e. The third kappa shape index (κ3) is 6.30. The fraction of sp³-hybridized carbons (Fsp3) is 0.750. The van der Waals surface area contributed by atoms with Gasteiger partial charge in [-0.1, -0.05) is 5.16 Å². The standard InChI is InChI=1S/C16H30N4OS/c1-7-17-15(19-11-16(4,5)22-6)18-10-8-9-14-12(2)20-21-13(14)3/h7-11H2,1-6H3,(H2,17,18,19). The fourth-order valence-corrected chi connectivity index (χ4v) is 2.20. The van der Waals surface area contributed by atoms with Crippen LogP contribution < -0.4 is 10.6 Å². The van der Waals surface area contributed by atoms with E-state index in [1.807, 2.05) is 25.6 Å². The monoisotopic (exact) mass is 326 g/mol. The van der Waals surface area contributed by atoms with Crippen LogP contribution in [0.1, 0.15) is 44.2 Å². The van der Waals surface area contributed by atoms with Crippen molar-refractivity contribution in [2.24, 2.45) is 4.99 Å². The van der Waals surface area contributed by atoms with Gasteiger partial charge < -0.3 is 15.2 Å². The van der Waals surface area contributed by atoms with Crippen molar-refractivity contribution in [3.63, 3.8) is 0 Å². The van der Waals surface area contributed by atoms with Crippen LogP contribution >= 0.6 is 11.8 Å². The van der Waals surface area contributed by atoms with Crippen LogP contribution in [0.2, 0.25) is 0 Å². The highest BCUT2D eigenvalue weighted by Gasteiger charge is 2.15. The first-order valence-electron chi connectivity index (χ1n) is 7.88. The number of aliphatic imine (C=N–C) groups is 1. The molecule has 0 atom stereocenters. The average Bonchev–Trinajstić information content (AvgIpc) is 2.80. The maximum absolute atomic E-state index is 5.19. The molecule has 1 aromatic heterocycles. The fourth-order valence-electron chi connectivity index (χ4n) is 2.01. The zero-order valence-corrected chi connectivity index (χ0v) is 15.6. The summed E-state index contributed by atoms with van der Waals surface area (Å²) in [6.07, 6.45) is 4.13. The number of hydrogen-bond acceptors (Lipinski definition) is 4. The van der Waals surface area contributed by atoms with E-state index in [-0.39, 0.29) is 4.75 Å². The molecule has 2 N–H and O–H groups in total. The lowest BCUT2D eigenvalue weighted by atomic mass is 10.1. The lowest BCUT2D eigenvalue weighted by Crippen LogP contribution is -2.39. The Labute approximate surface area is 138 Å². The van der Waals surface area contributed by atoms with Crippen molar-refractivity contribution >= 4 is 17.7 Å². The lowest BCUT2D eigenvalue weighted by Gasteiger charge is -2.20. The normalized spacial score (nSPS) is 12.5. The Morgan fingerprint density at radius 1 is 1.32 bits per heavy atom. The molecule has 6 heteroatoms. The summed E-state index contributed by atoms with van der Waals surface area (Å²) in [5.41, 5.74) is 2.23. The van der Waals surface area contributed by atoms with E-state index in [1.54, 1.807) is 0 Å². The van der Waals surface area contributed by atoms with Crippen LogP contribution in [0.3, 0.4) is 0 Å². The minimum absolute atomic E-state index is 0.166. The summed E-state index contributed by atoms with van der Waals surface area (Å²) in [6, 6.07) is 0. The molecule has 1 rings (SSSR count). The Morgan fingerprint density at radius 2 is 2.05 bits per heavy atom. The molecule has 0 saturated carbocycles. The van der Waals surface area contributed by atoms with E-state index in [2.05, 4.69) is 47.8 Å². The number of aromatic nitrogens is 1. The van der Waals surface area contributed by atoms with E-state index in [4.69, 9.17) is 4.52 Å². The van der Waals surface area contributed by atoms with Gasteiger partial charge in [0.2, 0.25) is 0 Å². The van der Waals surface area contributed by atoms with Crippen LogP contribution in [-0.2, 0) is 6.42 Å². The van der Waals surface area contributed by atoms with Gasteiger partial charge in [-0.15, -0.1) is 0 Å².